The summed E-state index contributed by atoms with van der Waals surface area (Å²) in [5.41, 5.74) is 2.20. The number of rotatable bonds is 10. The van der Waals surface area contributed by atoms with Crippen LogP contribution in [0.2, 0.25) is 5.02 Å². The van der Waals surface area contributed by atoms with Crippen LogP contribution in [0.3, 0.4) is 0 Å². The van der Waals surface area contributed by atoms with Crippen LogP contribution >= 0.6 is 11.6 Å². The largest absolute Gasteiger partial charge is 0.490 e. The molecule has 8 heteroatoms. The van der Waals surface area contributed by atoms with Crippen molar-refractivity contribution in [2.75, 3.05) is 0 Å². The maximum absolute atomic E-state index is 10.6. The molecule has 0 spiro atoms. The standard InChI is InChI=1S/C24H26ClN3O4/c1-15(2)31-20-12-11-17(13-18(20)14-26)24-27-23(28-32-24)19-9-6-8-16(22(19)25)7-4-3-5-10-21(29)30/h6,8-9,11-12,15,17H,3-5,7,10,13H2,1-2H3,(H,29,30). The molecule has 1 aliphatic carbocycles. The molecule has 1 aromatic carbocycles. The minimum atomic E-state index is -0.771. The molecule has 0 saturated heterocycles. The van der Waals surface area contributed by atoms with E-state index >= 15 is 0 Å². The number of aryl methyl sites for hydroxylation is 1. The molecular weight excluding hydrogens is 430 g/mol. The molecule has 1 N–H and O–H groups in total. The number of aromatic nitrogens is 2. The van der Waals surface area contributed by atoms with E-state index in [9.17, 15) is 10.1 Å². The minimum Gasteiger partial charge on any atom is -0.490 e. The zero-order valence-electron chi connectivity index (χ0n) is 18.2. The Kier molecular flexibility index (Phi) is 8.07. The van der Waals surface area contributed by atoms with Gasteiger partial charge in [0.05, 0.1) is 28.7 Å². The van der Waals surface area contributed by atoms with Crippen molar-refractivity contribution in [1.82, 2.24) is 10.1 Å². The van der Waals surface area contributed by atoms with E-state index in [1.54, 1.807) is 6.08 Å². The molecule has 0 radical (unpaired) electrons. The molecule has 32 heavy (non-hydrogen) atoms. The third-order valence-electron chi connectivity index (χ3n) is 5.11. The fourth-order valence-electron chi connectivity index (χ4n) is 3.54. The number of allylic oxidation sites excluding steroid dienone is 3. The van der Waals surface area contributed by atoms with Crippen LogP contribution in [0.15, 0.2) is 46.2 Å². The fourth-order valence-corrected chi connectivity index (χ4v) is 3.84. The average Bonchev–Trinajstić information content (AvgIpc) is 3.24. The number of hydrogen-bond donors (Lipinski definition) is 1. The Morgan fingerprint density at radius 3 is 2.91 bits per heavy atom. The van der Waals surface area contributed by atoms with Crippen LogP contribution < -0.4 is 0 Å². The lowest BCUT2D eigenvalue weighted by Gasteiger charge is -2.18. The first-order valence-electron chi connectivity index (χ1n) is 10.7. The average molecular weight is 456 g/mol. The second-order valence-electron chi connectivity index (χ2n) is 7.98. The van der Waals surface area contributed by atoms with Crippen LogP contribution in [0.25, 0.3) is 11.4 Å². The highest BCUT2D eigenvalue weighted by molar-refractivity contribution is 6.34. The number of halogens is 1. The Morgan fingerprint density at radius 2 is 2.19 bits per heavy atom. The molecule has 1 unspecified atom stereocenters. The van der Waals surface area contributed by atoms with Crippen LogP contribution in [0.1, 0.15) is 63.3 Å². The second-order valence-corrected chi connectivity index (χ2v) is 8.36. The Morgan fingerprint density at radius 1 is 1.38 bits per heavy atom. The highest BCUT2D eigenvalue weighted by Gasteiger charge is 2.25. The van der Waals surface area contributed by atoms with Crippen molar-refractivity contribution >= 4 is 17.6 Å². The molecule has 1 aliphatic rings. The highest BCUT2D eigenvalue weighted by Crippen LogP contribution is 2.34. The lowest BCUT2D eigenvalue weighted by Crippen LogP contribution is -2.09. The Balaban J connectivity index is 1.70. The first-order valence-corrected chi connectivity index (χ1v) is 11.1. The summed E-state index contributed by atoms with van der Waals surface area (Å²) in [4.78, 5) is 15.2. The third-order valence-corrected chi connectivity index (χ3v) is 5.56. The van der Waals surface area contributed by atoms with E-state index in [1.807, 2.05) is 38.1 Å². The van der Waals surface area contributed by atoms with Crippen molar-refractivity contribution in [2.24, 2.45) is 0 Å². The van der Waals surface area contributed by atoms with Gasteiger partial charge in [0, 0.05) is 18.4 Å². The Bertz CT molecular complexity index is 1070. The molecule has 2 aromatic rings. The first kappa shape index (κ1) is 23.6. The molecule has 1 aromatic heterocycles. The second kappa shape index (κ2) is 11.0. The minimum absolute atomic E-state index is 0.0175. The summed E-state index contributed by atoms with van der Waals surface area (Å²) in [5, 5.41) is 22.9. The molecule has 7 nitrogen and oxygen atoms in total. The summed E-state index contributed by atoms with van der Waals surface area (Å²) in [7, 11) is 0. The molecular formula is C24H26ClN3O4. The lowest BCUT2D eigenvalue weighted by molar-refractivity contribution is -0.137. The number of hydrogen-bond acceptors (Lipinski definition) is 6. The van der Waals surface area contributed by atoms with Gasteiger partial charge in [-0.3, -0.25) is 4.79 Å². The number of carboxylic acid groups (broad SMARTS) is 1. The van der Waals surface area contributed by atoms with Crippen molar-refractivity contribution in [1.29, 1.82) is 5.26 Å². The molecule has 0 fully saturated rings. The van der Waals surface area contributed by atoms with Gasteiger partial charge >= 0.3 is 5.97 Å². The van der Waals surface area contributed by atoms with Gasteiger partial charge in [0.1, 0.15) is 5.76 Å². The predicted molar refractivity (Wildman–Crippen MR) is 120 cm³/mol. The number of nitriles is 1. The van der Waals surface area contributed by atoms with E-state index in [1.165, 1.54) is 0 Å². The van der Waals surface area contributed by atoms with E-state index in [2.05, 4.69) is 16.2 Å². The zero-order valence-corrected chi connectivity index (χ0v) is 18.9. The number of nitrogens with zero attached hydrogens (tertiary/aromatic N) is 3. The molecule has 0 bridgehead atoms. The van der Waals surface area contributed by atoms with Crippen LogP contribution in [-0.4, -0.2) is 27.3 Å². The lowest BCUT2D eigenvalue weighted by atomic mass is 9.93. The van der Waals surface area contributed by atoms with Crippen molar-refractivity contribution in [3.8, 4) is 17.5 Å². The molecule has 0 aliphatic heterocycles. The number of aliphatic carboxylic acids is 1. The smallest absolute Gasteiger partial charge is 0.303 e. The van der Waals surface area contributed by atoms with Gasteiger partial charge in [0.2, 0.25) is 11.7 Å². The van der Waals surface area contributed by atoms with Gasteiger partial charge in [0.25, 0.3) is 0 Å². The van der Waals surface area contributed by atoms with E-state index < -0.39 is 5.97 Å². The number of unbranched alkanes of at least 4 members (excludes halogenated alkanes) is 2. The molecule has 1 heterocycles. The van der Waals surface area contributed by atoms with Crippen LogP contribution in [0.4, 0.5) is 0 Å². The van der Waals surface area contributed by atoms with Crippen molar-refractivity contribution < 1.29 is 19.2 Å². The topological polar surface area (TPSA) is 109 Å². The van der Waals surface area contributed by atoms with Gasteiger partial charge in [-0.15, -0.1) is 0 Å². The third kappa shape index (κ3) is 5.98. The maximum atomic E-state index is 10.6. The SMILES string of the molecule is CC(C)OC1=C(C#N)CC(c2nc(-c3cccc(CCCCCC(=O)O)c3Cl)no2)C=C1. The molecule has 0 amide bonds. The number of ether oxygens (including phenoxy) is 1. The van der Waals surface area contributed by atoms with E-state index in [0.717, 1.165) is 24.8 Å². The first-order chi connectivity index (χ1) is 15.4. The fraction of sp³-hybridized carbons (Fsp3) is 0.417. The number of carbonyl (C=O) groups is 1. The summed E-state index contributed by atoms with van der Waals surface area (Å²) < 4.78 is 11.2. The zero-order chi connectivity index (χ0) is 23.1. The summed E-state index contributed by atoms with van der Waals surface area (Å²) >= 11 is 6.62. The molecule has 3 rings (SSSR count). The number of benzene rings is 1. The van der Waals surface area contributed by atoms with Gasteiger partial charge in [-0.25, -0.2) is 0 Å². The molecule has 168 valence electrons. The van der Waals surface area contributed by atoms with E-state index in [0.29, 0.717) is 46.5 Å². The van der Waals surface area contributed by atoms with Crippen LogP contribution in [0.5, 0.6) is 0 Å². The summed E-state index contributed by atoms with van der Waals surface area (Å²) in [6.07, 6.45) is 7.37. The summed E-state index contributed by atoms with van der Waals surface area (Å²) in [5.74, 6) is 0.423. The van der Waals surface area contributed by atoms with Crippen molar-refractivity contribution in [3.05, 3.63) is 58.2 Å². The predicted octanol–water partition coefficient (Wildman–Crippen LogP) is 5.82. The van der Waals surface area contributed by atoms with Crippen molar-refractivity contribution in [2.45, 2.75) is 64.4 Å². The van der Waals surface area contributed by atoms with Gasteiger partial charge in [-0.2, -0.15) is 10.2 Å². The summed E-state index contributed by atoms with van der Waals surface area (Å²) in [6, 6.07) is 7.90. The monoisotopic (exact) mass is 455 g/mol. The quantitative estimate of drug-likeness (QED) is 0.449. The van der Waals surface area contributed by atoms with Gasteiger partial charge in [0.15, 0.2) is 0 Å². The molecule has 1 atom stereocenters. The maximum Gasteiger partial charge on any atom is 0.303 e. The summed E-state index contributed by atoms with van der Waals surface area (Å²) in [6.45, 7) is 3.83. The normalized spacial score (nSPS) is 15.8. The Hall–Kier alpha value is -3.11. The van der Waals surface area contributed by atoms with Gasteiger partial charge < -0.3 is 14.4 Å². The Labute approximate surface area is 192 Å². The van der Waals surface area contributed by atoms with Gasteiger partial charge in [-0.05, 0) is 50.8 Å². The number of carboxylic acids is 1. The van der Waals surface area contributed by atoms with Crippen LogP contribution in [-0.2, 0) is 16.0 Å². The highest BCUT2D eigenvalue weighted by atomic mass is 35.5. The van der Waals surface area contributed by atoms with E-state index in [4.69, 9.17) is 26.0 Å². The van der Waals surface area contributed by atoms with Crippen LogP contribution in [0, 0.1) is 11.3 Å². The van der Waals surface area contributed by atoms with Gasteiger partial charge in [-0.1, -0.05) is 41.4 Å². The van der Waals surface area contributed by atoms with E-state index in [-0.39, 0.29) is 18.4 Å². The van der Waals surface area contributed by atoms with Crippen molar-refractivity contribution in [3.63, 3.8) is 0 Å². The molecule has 0 saturated carbocycles.